The monoisotopic (exact) mass is 808 g/mol. The Hall–Kier alpha value is -6.30. The number of nitriles is 1. The van der Waals surface area contributed by atoms with Gasteiger partial charge >= 0.3 is 24.3 Å². The number of amides is 1. The van der Waals surface area contributed by atoms with E-state index in [1.165, 1.54) is 12.4 Å². The normalized spacial score (nSPS) is 16.2. The van der Waals surface area contributed by atoms with Crippen LogP contribution < -0.4 is 10.5 Å². The first kappa shape index (κ1) is 43.4. The number of anilines is 1. The van der Waals surface area contributed by atoms with E-state index in [1.807, 2.05) is 32.0 Å². The number of aromatic nitrogens is 4. The Morgan fingerprint density at radius 2 is 1.54 bits per heavy atom. The summed E-state index contributed by atoms with van der Waals surface area (Å²) in [7, 11) is 0. The van der Waals surface area contributed by atoms with Gasteiger partial charge in [0.05, 0.1) is 11.4 Å². The molecule has 4 heterocycles. The number of carbonyl (C=O) groups is 3. The van der Waals surface area contributed by atoms with Gasteiger partial charge in [0.15, 0.2) is 5.65 Å². The van der Waals surface area contributed by atoms with Gasteiger partial charge in [0.1, 0.15) is 46.8 Å². The number of benzene rings is 2. The fourth-order valence-electron chi connectivity index (χ4n) is 5.80. The van der Waals surface area contributed by atoms with Crippen LogP contribution in [0.15, 0.2) is 66.5 Å². The summed E-state index contributed by atoms with van der Waals surface area (Å²) in [6, 6.07) is 15.6. The van der Waals surface area contributed by atoms with Gasteiger partial charge in [-0.2, -0.15) is 36.7 Å². The predicted molar refractivity (Wildman–Crippen MR) is 188 cm³/mol. The molecule has 1 atom stereocenters. The highest BCUT2D eigenvalue weighted by molar-refractivity contribution is 5.99. The molecule has 0 saturated carbocycles. The Balaban J connectivity index is 0.000000440. The highest BCUT2D eigenvalue weighted by Gasteiger charge is 2.39. The van der Waals surface area contributed by atoms with Crippen molar-refractivity contribution >= 4 is 34.7 Å². The molecule has 0 radical (unpaired) electrons. The Bertz CT molecular complexity index is 2140. The van der Waals surface area contributed by atoms with Gasteiger partial charge in [-0.15, -0.1) is 0 Å². The van der Waals surface area contributed by atoms with Crippen molar-refractivity contribution < 1.29 is 60.1 Å². The van der Waals surface area contributed by atoms with Crippen LogP contribution >= 0.6 is 0 Å². The number of rotatable bonds is 7. The molecule has 14 nitrogen and oxygen atoms in total. The van der Waals surface area contributed by atoms with Crippen LogP contribution in [0.1, 0.15) is 39.2 Å². The van der Waals surface area contributed by atoms with E-state index in [4.69, 9.17) is 35.4 Å². The molecule has 0 bridgehead atoms. The van der Waals surface area contributed by atoms with Crippen LogP contribution in [0.5, 0.6) is 11.5 Å². The predicted octanol–water partition coefficient (Wildman–Crippen LogP) is 6.37. The third-order valence-electron chi connectivity index (χ3n) is 8.73. The first-order chi connectivity index (χ1) is 26.6. The third-order valence-corrected chi connectivity index (χ3v) is 8.73. The van der Waals surface area contributed by atoms with Crippen LogP contribution in [0, 0.1) is 17.1 Å². The molecule has 4 aromatic rings. The quantitative estimate of drug-likeness (QED) is 0.106. The van der Waals surface area contributed by atoms with Gasteiger partial charge in [-0.05, 0) is 63.5 Å². The number of carboxylic acids is 2. The van der Waals surface area contributed by atoms with Crippen molar-refractivity contribution in [3.8, 4) is 28.8 Å². The number of likely N-dealkylation sites (tertiary alicyclic amines) is 2. The van der Waals surface area contributed by atoms with Crippen LogP contribution in [0.3, 0.4) is 0 Å². The van der Waals surface area contributed by atoms with E-state index in [0.717, 1.165) is 25.9 Å². The second-order valence-corrected chi connectivity index (χ2v) is 13.1. The molecule has 2 aliphatic rings. The number of para-hydroxylation sites is 1. The fourth-order valence-corrected chi connectivity index (χ4v) is 5.80. The van der Waals surface area contributed by atoms with E-state index >= 15 is 4.39 Å². The summed E-state index contributed by atoms with van der Waals surface area (Å²) < 4.78 is 86.5. The molecule has 0 aliphatic carbocycles. The van der Waals surface area contributed by atoms with E-state index in [-0.39, 0.29) is 34.4 Å². The van der Waals surface area contributed by atoms with Gasteiger partial charge in [0.25, 0.3) is 5.91 Å². The van der Waals surface area contributed by atoms with Crippen LogP contribution in [-0.4, -0.2) is 102 Å². The minimum atomic E-state index is -5.08. The third kappa shape index (κ3) is 10.9. The van der Waals surface area contributed by atoms with E-state index in [1.54, 1.807) is 39.9 Å². The summed E-state index contributed by atoms with van der Waals surface area (Å²) in [6.45, 7) is 6.80. The lowest BCUT2D eigenvalue weighted by Crippen LogP contribution is -2.51. The average molecular weight is 809 g/mol. The van der Waals surface area contributed by atoms with Crippen molar-refractivity contribution in [1.29, 1.82) is 5.26 Å². The lowest BCUT2D eigenvalue weighted by molar-refractivity contribution is -0.193. The smallest absolute Gasteiger partial charge is 0.475 e. The van der Waals surface area contributed by atoms with Crippen molar-refractivity contribution in [3.05, 3.63) is 72.3 Å². The highest BCUT2D eigenvalue weighted by atomic mass is 19.4. The summed E-state index contributed by atoms with van der Waals surface area (Å²) in [4.78, 5) is 43.9. The summed E-state index contributed by atoms with van der Waals surface area (Å²) in [5.41, 5.74) is 7.04. The molecular weight excluding hydrogens is 773 g/mol. The van der Waals surface area contributed by atoms with Gasteiger partial charge in [-0.3, -0.25) is 9.69 Å². The Morgan fingerprint density at radius 3 is 2.07 bits per heavy atom. The second-order valence-electron chi connectivity index (χ2n) is 13.1. The molecule has 57 heavy (non-hydrogen) atoms. The number of alkyl halides is 6. The van der Waals surface area contributed by atoms with Gasteiger partial charge in [0.2, 0.25) is 0 Å². The van der Waals surface area contributed by atoms with Crippen LogP contribution in [0.25, 0.3) is 22.3 Å². The van der Waals surface area contributed by atoms with Crippen molar-refractivity contribution in [2.75, 3.05) is 31.9 Å². The molecule has 2 fully saturated rings. The average Bonchev–Trinajstić information content (AvgIpc) is 3.50. The summed E-state index contributed by atoms with van der Waals surface area (Å²) in [5.74, 6) is -5.22. The van der Waals surface area contributed by atoms with E-state index in [0.29, 0.717) is 47.7 Å². The van der Waals surface area contributed by atoms with E-state index in [2.05, 4.69) is 20.9 Å². The number of carbonyl (C=O) groups excluding carboxylic acids is 1. The highest BCUT2D eigenvalue weighted by Crippen LogP contribution is 2.37. The SMILES string of the molecule is CC(C)(C=C(C#N)C(=O)N1CCC[C@@H](n2nc(-c3ccc(Oc4ccccc4)cc3F)c3c(N)ncnc32)C1)N1CCC1.O=C(O)C(F)(F)F.O=C(O)C(F)(F)F. The molecule has 6 rings (SSSR count). The number of fused-ring (bicyclic) bond motifs is 1. The van der Waals surface area contributed by atoms with E-state index in [9.17, 15) is 36.4 Å². The second kappa shape index (κ2) is 17.7. The summed E-state index contributed by atoms with van der Waals surface area (Å²) >= 11 is 0. The number of hydrogen-bond acceptors (Lipinski definition) is 10. The number of nitrogen functional groups attached to an aromatic ring is 1. The van der Waals surface area contributed by atoms with Gasteiger partial charge in [-0.1, -0.05) is 18.2 Å². The zero-order valence-electron chi connectivity index (χ0n) is 30.2. The molecule has 304 valence electrons. The van der Waals surface area contributed by atoms with Crippen molar-refractivity contribution in [2.24, 2.45) is 0 Å². The molecule has 0 unspecified atom stereocenters. The number of nitrogens with two attached hydrogens (primary N) is 1. The Morgan fingerprint density at radius 1 is 0.930 bits per heavy atom. The number of ether oxygens (including phenoxy) is 1. The van der Waals surface area contributed by atoms with Crippen LogP contribution in [0.4, 0.5) is 36.6 Å². The molecule has 2 aliphatic heterocycles. The summed E-state index contributed by atoms with van der Waals surface area (Å²) in [6.07, 6.45) is -4.48. The molecule has 21 heteroatoms. The zero-order valence-corrected chi connectivity index (χ0v) is 30.2. The molecule has 1 amide bonds. The minimum Gasteiger partial charge on any atom is -0.475 e. The van der Waals surface area contributed by atoms with Crippen molar-refractivity contribution in [3.63, 3.8) is 0 Å². The standard InChI is InChI=1S/C32H33FN8O2.2C2HF3O2/c1-32(2,40-14-7-15-40)17-21(18-34)31(42)39-13-6-8-22(19-39)41-30-27(29(35)36-20-37-30)28(38-41)25-12-11-24(16-26(25)33)43-23-9-4-3-5-10-23;2*3-2(4,5)1(6)7/h3-5,9-12,16-17,20,22H,6-8,13-15,19H2,1-2H3,(H2,35,36,37);2*(H,6,7)/t22-;;/m1../s1. The number of aliphatic carboxylic acids is 2. The first-order valence-electron chi connectivity index (χ1n) is 16.9. The molecule has 2 saturated heterocycles. The Labute approximate surface area is 319 Å². The van der Waals surface area contributed by atoms with Crippen LogP contribution in [0.2, 0.25) is 0 Å². The lowest BCUT2D eigenvalue weighted by atomic mass is 9.94. The first-order valence-corrected chi connectivity index (χ1v) is 16.9. The maximum Gasteiger partial charge on any atom is 0.490 e. The van der Waals surface area contributed by atoms with Gasteiger partial charge in [0, 0.05) is 43.3 Å². The molecule has 4 N–H and O–H groups in total. The lowest BCUT2D eigenvalue weighted by Gasteiger charge is -2.43. The van der Waals surface area contributed by atoms with Crippen molar-refractivity contribution in [2.45, 2.75) is 57.0 Å². The number of piperidine rings is 1. The molecule has 2 aromatic heterocycles. The molecule has 0 spiro atoms. The largest absolute Gasteiger partial charge is 0.490 e. The fraction of sp³-hybridized carbons (Fsp3) is 0.361. The molecule has 2 aromatic carbocycles. The number of halogens is 7. The van der Waals surface area contributed by atoms with E-state index < -0.39 is 30.1 Å². The maximum atomic E-state index is 15.6. The van der Waals surface area contributed by atoms with Crippen molar-refractivity contribution in [1.82, 2.24) is 29.5 Å². The van der Waals surface area contributed by atoms with Gasteiger partial charge < -0.3 is 25.6 Å². The minimum absolute atomic E-state index is 0.134. The maximum absolute atomic E-state index is 15.6. The molecular formula is C36H35F7N8O6. The van der Waals surface area contributed by atoms with Crippen LogP contribution in [-0.2, 0) is 14.4 Å². The Kier molecular flexibility index (Phi) is 13.5. The number of nitrogens with zero attached hydrogens (tertiary/aromatic N) is 7. The topological polar surface area (TPSA) is 201 Å². The number of carboxylic acid groups (broad SMARTS) is 2. The zero-order chi connectivity index (χ0) is 42.3. The number of hydrogen-bond donors (Lipinski definition) is 3. The van der Waals surface area contributed by atoms with Gasteiger partial charge in [-0.25, -0.2) is 28.6 Å². The summed E-state index contributed by atoms with van der Waals surface area (Å²) in [5, 5.41) is 29.4.